The fourth-order valence-electron chi connectivity index (χ4n) is 3.92. The lowest BCUT2D eigenvalue weighted by Crippen LogP contribution is -2.44. The van der Waals surface area contributed by atoms with Crippen LogP contribution in [0.3, 0.4) is 0 Å². The molecule has 0 saturated heterocycles. The van der Waals surface area contributed by atoms with Crippen molar-refractivity contribution < 1.29 is 14.1 Å². The number of urea groups is 1. The quantitative estimate of drug-likeness (QED) is 0.443. The molecule has 0 saturated carbocycles. The average Bonchev–Trinajstić information content (AvgIpc) is 3.48. The summed E-state index contributed by atoms with van der Waals surface area (Å²) < 4.78 is 4.96. The number of carbonyl (C=O) groups is 2. The number of aromatic nitrogens is 2. The van der Waals surface area contributed by atoms with E-state index in [0.717, 1.165) is 21.7 Å². The van der Waals surface area contributed by atoms with Crippen LogP contribution in [0.4, 0.5) is 9.93 Å². The van der Waals surface area contributed by atoms with Gasteiger partial charge in [-0.15, -0.1) is 0 Å². The molecule has 0 unspecified atom stereocenters. The molecule has 0 aliphatic carbocycles. The van der Waals surface area contributed by atoms with Gasteiger partial charge in [0.25, 0.3) is 5.91 Å². The van der Waals surface area contributed by atoms with Crippen molar-refractivity contribution in [3.8, 4) is 0 Å². The highest BCUT2D eigenvalue weighted by atomic mass is 32.1. The molecule has 1 aliphatic heterocycles. The van der Waals surface area contributed by atoms with Crippen LogP contribution in [0.15, 0.2) is 71.3 Å². The number of rotatable bonds is 5. The average molecular weight is 474 g/mol. The predicted molar refractivity (Wildman–Crippen MR) is 129 cm³/mol. The van der Waals surface area contributed by atoms with Gasteiger partial charge in [-0.05, 0) is 18.1 Å². The lowest BCUT2D eigenvalue weighted by atomic mass is 9.99. The summed E-state index contributed by atoms with van der Waals surface area (Å²) in [6.07, 6.45) is 0.625. The Kier molecular flexibility index (Phi) is 6.09. The summed E-state index contributed by atoms with van der Waals surface area (Å²) in [6.45, 7) is 2.72. The number of carbonyl (C=O) groups excluding carboxylic acids is 2. The fourth-order valence-corrected chi connectivity index (χ4v) is 4.94. The van der Waals surface area contributed by atoms with Gasteiger partial charge in [0.15, 0.2) is 10.8 Å². The van der Waals surface area contributed by atoms with Crippen LogP contribution in [0, 0.1) is 6.92 Å². The SMILES string of the molecule is Cc1cc(C(=O)Nc2nc3c(s2)CN(C(=O)NC(c2ccccc2)c2ccccc2)CC3)no1. The Morgan fingerprint density at radius 3 is 2.35 bits per heavy atom. The van der Waals surface area contributed by atoms with E-state index in [1.54, 1.807) is 17.9 Å². The first-order valence-corrected chi connectivity index (χ1v) is 11.8. The van der Waals surface area contributed by atoms with Gasteiger partial charge in [0.05, 0.1) is 18.3 Å². The van der Waals surface area contributed by atoms with Crippen molar-refractivity contribution in [3.05, 3.63) is 99.9 Å². The number of anilines is 1. The van der Waals surface area contributed by atoms with E-state index >= 15 is 0 Å². The van der Waals surface area contributed by atoms with Gasteiger partial charge < -0.3 is 14.7 Å². The summed E-state index contributed by atoms with van der Waals surface area (Å²) in [5.41, 5.74) is 3.15. The summed E-state index contributed by atoms with van der Waals surface area (Å²) in [5.74, 6) is 0.195. The number of hydrogen-bond donors (Lipinski definition) is 2. The number of nitrogens with zero attached hydrogens (tertiary/aromatic N) is 3. The standard InChI is InChI=1S/C25H23N5O3S/c1-16-14-20(29-33-16)23(31)28-24-26-19-12-13-30(15-21(19)34-24)25(32)27-22(17-8-4-2-5-9-17)18-10-6-3-7-11-18/h2-11,14,22H,12-13,15H2,1H3,(H,27,32)(H,26,28,31). The minimum absolute atomic E-state index is 0.139. The van der Waals surface area contributed by atoms with Gasteiger partial charge >= 0.3 is 6.03 Å². The van der Waals surface area contributed by atoms with E-state index in [4.69, 9.17) is 4.52 Å². The molecular weight excluding hydrogens is 450 g/mol. The molecule has 2 aromatic carbocycles. The molecule has 2 N–H and O–H groups in total. The Hall–Kier alpha value is -3.98. The van der Waals surface area contributed by atoms with Crippen molar-refractivity contribution in [1.29, 1.82) is 0 Å². The molecule has 8 nitrogen and oxygen atoms in total. The maximum Gasteiger partial charge on any atom is 0.318 e. The Morgan fingerprint density at radius 1 is 1.06 bits per heavy atom. The number of aryl methyl sites for hydroxylation is 1. The number of fused-ring (bicyclic) bond motifs is 1. The molecule has 5 rings (SSSR count). The highest BCUT2D eigenvalue weighted by molar-refractivity contribution is 7.15. The summed E-state index contributed by atoms with van der Waals surface area (Å²) in [4.78, 5) is 32.9. The fraction of sp³-hybridized carbons (Fsp3) is 0.200. The van der Waals surface area contributed by atoms with Crippen LogP contribution < -0.4 is 10.6 Å². The second kappa shape index (κ2) is 9.48. The molecule has 1 aliphatic rings. The number of benzene rings is 2. The van der Waals surface area contributed by atoms with Gasteiger partial charge in [-0.2, -0.15) is 0 Å². The third-order valence-corrected chi connectivity index (χ3v) is 6.63. The van der Waals surface area contributed by atoms with Crippen molar-refractivity contribution in [1.82, 2.24) is 20.4 Å². The Labute approximate surface area is 200 Å². The minimum Gasteiger partial charge on any atom is -0.361 e. The minimum atomic E-state index is -0.369. The van der Waals surface area contributed by atoms with Crippen LogP contribution in [0.1, 0.15) is 44.0 Å². The van der Waals surface area contributed by atoms with E-state index in [-0.39, 0.29) is 23.7 Å². The van der Waals surface area contributed by atoms with Crippen molar-refractivity contribution in [3.63, 3.8) is 0 Å². The van der Waals surface area contributed by atoms with Gasteiger partial charge in [-0.25, -0.2) is 9.78 Å². The lowest BCUT2D eigenvalue weighted by molar-refractivity contribution is 0.101. The van der Waals surface area contributed by atoms with Crippen molar-refractivity contribution in [2.45, 2.75) is 25.9 Å². The Balaban J connectivity index is 1.28. The molecule has 0 fully saturated rings. The second-order valence-corrected chi connectivity index (χ2v) is 9.12. The summed E-state index contributed by atoms with van der Waals surface area (Å²) in [7, 11) is 0. The van der Waals surface area contributed by atoms with E-state index in [0.29, 0.717) is 30.4 Å². The first-order valence-electron chi connectivity index (χ1n) is 11.0. The van der Waals surface area contributed by atoms with Crippen molar-refractivity contribution in [2.24, 2.45) is 0 Å². The molecule has 0 atom stereocenters. The Bertz CT molecular complexity index is 1260. The van der Waals surface area contributed by atoms with E-state index in [1.807, 2.05) is 60.7 Å². The molecule has 34 heavy (non-hydrogen) atoms. The predicted octanol–water partition coefficient (Wildman–Crippen LogP) is 4.55. The molecule has 9 heteroatoms. The molecule has 0 bridgehead atoms. The maximum atomic E-state index is 13.2. The smallest absolute Gasteiger partial charge is 0.318 e. The van der Waals surface area contributed by atoms with E-state index in [2.05, 4.69) is 20.8 Å². The van der Waals surface area contributed by atoms with Gasteiger partial charge in [-0.1, -0.05) is 77.2 Å². The molecule has 2 aromatic heterocycles. The number of nitrogens with one attached hydrogen (secondary N) is 2. The molecule has 0 radical (unpaired) electrons. The van der Waals surface area contributed by atoms with Gasteiger partial charge in [0, 0.05) is 23.9 Å². The van der Waals surface area contributed by atoms with Crippen LogP contribution in [0.25, 0.3) is 0 Å². The van der Waals surface area contributed by atoms with Crippen LogP contribution in [-0.4, -0.2) is 33.5 Å². The maximum absolute atomic E-state index is 13.2. The van der Waals surface area contributed by atoms with Crippen molar-refractivity contribution >= 4 is 28.4 Å². The largest absolute Gasteiger partial charge is 0.361 e. The topological polar surface area (TPSA) is 100 Å². The normalized spacial score (nSPS) is 12.9. The third-order valence-electron chi connectivity index (χ3n) is 5.63. The van der Waals surface area contributed by atoms with Gasteiger partial charge in [0.2, 0.25) is 0 Å². The zero-order chi connectivity index (χ0) is 23.5. The summed E-state index contributed by atoms with van der Waals surface area (Å²) in [6, 6.07) is 21.0. The zero-order valence-corrected chi connectivity index (χ0v) is 19.3. The molecule has 0 spiro atoms. The van der Waals surface area contributed by atoms with Gasteiger partial charge in [-0.3, -0.25) is 10.1 Å². The molecule has 172 valence electrons. The third kappa shape index (κ3) is 4.69. The first-order chi connectivity index (χ1) is 16.6. The van der Waals surface area contributed by atoms with E-state index in [9.17, 15) is 9.59 Å². The number of amides is 3. The summed E-state index contributed by atoms with van der Waals surface area (Å²) >= 11 is 1.37. The van der Waals surface area contributed by atoms with Crippen LogP contribution >= 0.6 is 11.3 Å². The molecule has 3 amide bonds. The monoisotopic (exact) mass is 473 g/mol. The van der Waals surface area contributed by atoms with E-state index < -0.39 is 0 Å². The highest BCUT2D eigenvalue weighted by Crippen LogP contribution is 2.29. The number of thiazole rings is 1. The van der Waals surface area contributed by atoms with E-state index in [1.165, 1.54) is 11.3 Å². The van der Waals surface area contributed by atoms with Crippen LogP contribution in [0.2, 0.25) is 0 Å². The second-order valence-electron chi connectivity index (χ2n) is 8.04. The zero-order valence-electron chi connectivity index (χ0n) is 18.5. The Morgan fingerprint density at radius 2 is 1.74 bits per heavy atom. The van der Waals surface area contributed by atoms with Crippen LogP contribution in [-0.2, 0) is 13.0 Å². The number of hydrogen-bond acceptors (Lipinski definition) is 6. The van der Waals surface area contributed by atoms with Crippen molar-refractivity contribution in [2.75, 3.05) is 11.9 Å². The highest BCUT2D eigenvalue weighted by Gasteiger charge is 2.27. The first kappa shape index (κ1) is 21.8. The molecule has 3 heterocycles. The van der Waals surface area contributed by atoms with Gasteiger partial charge in [0.1, 0.15) is 5.76 Å². The van der Waals surface area contributed by atoms with Crippen LogP contribution in [0.5, 0.6) is 0 Å². The molecule has 4 aromatic rings. The lowest BCUT2D eigenvalue weighted by Gasteiger charge is -2.29. The summed E-state index contributed by atoms with van der Waals surface area (Å²) in [5, 5.41) is 10.2. The molecular formula is C25H23N5O3S.